The van der Waals surface area contributed by atoms with E-state index in [4.69, 9.17) is 4.98 Å². The second-order valence-corrected chi connectivity index (χ2v) is 8.88. The number of benzene rings is 1. The Morgan fingerprint density at radius 2 is 2.04 bits per heavy atom. The first-order valence-corrected chi connectivity index (χ1v) is 11.0. The molecule has 3 aliphatic rings. The fourth-order valence-electron chi connectivity index (χ4n) is 6.15. The van der Waals surface area contributed by atoms with Gasteiger partial charge in [-0.25, -0.2) is 4.98 Å². The first-order valence-electron chi connectivity index (χ1n) is 11.0. The molecule has 148 valence electrons. The maximum absolute atomic E-state index is 4.93. The van der Waals surface area contributed by atoms with Gasteiger partial charge in [0.1, 0.15) is 5.82 Å². The van der Waals surface area contributed by atoms with Crippen molar-refractivity contribution in [2.75, 3.05) is 32.0 Å². The number of aryl methyl sites for hydroxylation is 1. The number of hydrogen-bond donors (Lipinski definition) is 3. The van der Waals surface area contributed by atoms with E-state index in [2.05, 4.69) is 58.4 Å². The van der Waals surface area contributed by atoms with Gasteiger partial charge in [-0.1, -0.05) is 36.4 Å². The van der Waals surface area contributed by atoms with Crippen LogP contribution in [0.1, 0.15) is 48.4 Å². The van der Waals surface area contributed by atoms with E-state index < -0.39 is 0 Å². The van der Waals surface area contributed by atoms with Crippen molar-refractivity contribution in [2.24, 2.45) is 5.92 Å². The quantitative estimate of drug-likeness (QED) is 0.768. The summed E-state index contributed by atoms with van der Waals surface area (Å²) in [7, 11) is 1.96. The molecule has 0 bridgehead atoms. The summed E-state index contributed by atoms with van der Waals surface area (Å²) in [6.45, 7) is 3.34. The normalized spacial score (nSPS) is 32.2. The van der Waals surface area contributed by atoms with E-state index in [1.165, 1.54) is 42.5 Å². The van der Waals surface area contributed by atoms with Crippen LogP contribution in [0.25, 0.3) is 0 Å². The van der Waals surface area contributed by atoms with Gasteiger partial charge in [0, 0.05) is 37.3 Å². The van der Waals surface area contributed by atoms with E-state index >= 15 is 0 Å². The summed E-state index contributed by atoms with van der Waals surface area (Å²) in [6.07, 6.45) is 6.14. The van der Waals surface area contributed by atoms with Crippen LogP contribution in [0, 0.1) is 5.92 Å². The van der Waals surface area contributed by atoms with Crippen molar-refractivity contribution in [1.29, 1.82) is 0 Å². The fourth-order valence-corrected chi connectivity index (χ4v) is 6.15. The Labute approximate surface area is 168 Å². The molecule has 28 heavy (non-hydrogen) atoms. The van der Waals surface area contributed by atoms with E-state index in [0.717, 1.165) is 31.9 Å². The summed E-state index contributed by atoms with van der Waals surface area (Å²) in [5, 5.41) is 10.9. The van der Waals surface area contributed by atoms with Gasteiger partial charge in [-0.2, -0.15) is 0 Å². The van der Waals surface area contributed by atoms with Gasteiger partial charge in [-0.05, 0) is 67.7 Å². The van der Waals surface area contributed by atoms with Crippen LogP contribution in [0.3, 0.4) is 0 Å². The van der Waals surface area contributed by atoms with Crippen LogP contribution in [-0.4, -0.2) is 37.7 Å². The predicted molar refractivity (Wildman–Crippen MR) is 115 cm³/mol. The molecule has 0 amide bonds. The second kappa shape index (κ2) is 7.49. The molecule has 0 radical (unpaired) electrons. The molecule has 1 aromatic heterocycles. The molecular formula is C24H32N4. The molecule has 1 aliphatic carbocycles. The zero-order valence-corrected chi connectivity index (χ0v) is 16.9. The van der Waals surface area contributed by atoms with Gasteiger partial charge < -0.3 is 16.0 Å². The Balaban J connectivity index is 1.45. The molecular weight excluding hydrogens is 344 g/mol. The molecule has 2 aromatic rings. The van der Waals surface area contributed by atoms with Gasteiger partial charge in [0.25, 0.3) is 0 Å². The second-order valence-electron chi connectivity index (χ2n) is 8.88. The monoisotopic (exact) mass is 376 g/mol. The lowest BCUT2D eigenvalue weighted by Crippen LogP contribution is -2.51. The number of rotatable bonds is 3. The smallest absolute Gasteiger partial charge is 0.125 e. The number of anilines is 1. The van der Waals surface area contributed by atoms with Crippen LogP contribution >= 0.6 is 0 Å². The van der Waals surface area contributed by atoms with Crippen molar-refractivity contribution >= 4 is 5.82 Å². The Kier molecular flexibility index (Phi) is 4.85. The van der Waals surface area contributed by atoms with Crippen molar-refractivity contribution in [3.63, 3.8) is 0 Å². The van der Waals surface area contributed by atoms with E-state index in [-0.39, 0.29) is 5.41 Å². The van der Waals surface area contributed by atoms with Crippen LogP contribution in [-0.2, 0) is 11.8 Å². The van der Waals surface area contributed by atoms with Crippen LogP contribution in [0.2, 0.25) is 0 Å². The average molecular weight is 377 g/mol. The summed E-state index contributed by atoms with van der Waals surface area (Å²) in [6, 6.07) is 16.2. The molecule has 4 atom stereocenters. The lowest BCUT2D eigenvalue weighted by molar-refractivity contribution is 0.195. The minimum Gasteiger partial charge on any atom is -0.373 e. The number of nitrogens with zero attached hydrogens (tertiary/aromatic N) is 1. The predicted octanol–water partition coefficient (Wildman–Crippen LogP) is 3.45. The fraction of sp³-hybridized carbons (Fsp3) is 0.542. The minimum atomic E-state index is 0.239. The van der Waals surface area contributed by atoms with E-state index in [9.17, 15) is 0 Å². The molecule has 1 aromatic carbocycles. The lowest BCUT2D eigenvalue weighted by Gasteiger charge is -2.45. The van der Waals surface area contributed by atoms with Crippen molar-refractivity contribution in [2.45, 2.75) is 49.5 Å². The van der Waals surface area contributed by atoms with Gasteiger partial charge in [0.15, 0.2) is 0 Å². The Morgan fingerprint density at radius 1 is 1.14 bits per heavy atom. The highest BCUT2D eigenvalue weighted by molar-refractivity contribution is 5.44. The zero-order chi connectivity index (χ0) is 19.0. The summed E-state index contributed by atoms with van der Waals surface area (Å²) >= 11 is 0. The third-order valence-electron chi connectivity index (χ3n) is 7.51. The summed E-state index contributed by atoms with van der Waals surface area (Å²) in [4.78, 5) is 4.93. The molecule has 2 fully saturated rings. The maximum Gasteiger partial charge on any atom is 0.125 e. The van der Waals surface area contributed by atoms with Crippen LogP contribution in [0.15, 0.2) is 42.5 Å². The standard InChI is InChI=1S/C24H32N4/c1-25-23-10-9-19-21(28-23)8-5-12-24(19)16-26-15-20(24)22-14-18(11-13-27-22)17-6-3-2-4-7-17/h2-4,6-7,9-10,18,20,22,26-27H,5,8,11-16H2,1H3,(H,25,28)/t18?,20-,22?,24-/m0/s1. The van der Waals surface area contributed by atoms with Crippen LogP contribution in [0.5, 0.6) is 0 Å². The Morgan fingerprint density at radius 3 is 2.89 bits per heavy atom. The third-order valence-corrected chi connectivity index (χ3v) is 7.51. The minimum absolute atomic E-state index is 0.239. The van der Waals surface area contributed by atoms with Crippen molar-refractivity contribution in [3.8, 4) is 0 Å². The van der Waals surface area contributed by atoms with Gasteiger partial charge in [-0.15, -0.1) is 0 Å². The van der Waals surface area contributed by atoms with Gasteiger partial charge in [-0.3, -0.25) is 0 Å². The van der Waals surface area contributed by atoms with Crippen molar-refractivity contribution in [1.82, 2.24) is 15.6 Å². The van der Waals surface area contributed by atoms with E-state index in [1.807, 2.05) is 7.05 Å². The zero-order valence-electron chi connectivity index (χ0n) is 16.9. The number of pyridine rings is 1. The van der Waals surface area contributed by atoms with Crippen molar-refractivity contribution in [3.05, 3.63) is 59.3 Å². The highest BCUT2D eigenvalue weighted by Gasteiger charge is 2.50. The Hall–Kier alpha value is -1.91. The largest absolute Gasteiger partial charge is 0.373 e. The molecule has 3 N–H and O–H groups in total. The molecule has 3 heterocycles. The first-order chi connectivity index (χ1) is 13.8. The lowest BCUT2D eigenvalue weighted by atomic mass is 9.62. The molecule has 5 rings (SSSR count). The average Bonchev–Trinajstić information content (AvgIpc) is 3.18. The third kappa shape index (κ3) is 3.03. The highest BCUT2D eigenvalue weighted by atomic mass is 15.0. The molecule has 2 saturated heterocycles. The highest BCUT2D eigenvalue weighted by Crippen LogP contribution is 2.48. The molecule has 1 spiro atoms. The molecule has 4 nitrogen and oxygen atoms in total. The number of fused-ring (bicyclic) bond motifs is 2. The molecule has 0 saturated carbocycles. The number of piperidine rings is 1. The topological polar surface area (TPSA) is 49.0 Å². The first kappa shape index (κ1) is 18.1. The van der Waals surface area contributed by atoms with Gasteiger partial charge in [0.2, 0.25) is 0 Å². The number of nitrogens with one attached hydrogen (secondary N) is 3. The molecule has 2 unspecified atom stereocenters. The van der Waals surface area contributed by atoms with Gasteiger partial charge in [0.05, 0.1) is 0 Å². The van der Waals surface area contributed by atoms with E-state index in [1.54, 1.807) is 0 Å². The molecule has 4 heteroatoms. The van der Waals surface area contributed by atoms with Gasteiger partial charge >= 0.3 is 0 Å². The maximum atomic E-state index is 4.93. The van der Waals surface area contributed by atoms with Crippen LogP contribution in [0.4, 0.5) is 5.82 Å². The SMILES string of the molecule is CNc1ccc2c(n1)CCC[C@]21CNC[C@H]1C1CC(c2ccccc2)CCN1. The van der Waals surface area contributed by atoms with E-state index in [0.29, 0.717) is 17.9 Å². The number of aromatic nitrogens is 1. The van der Waals surface area contributed by atoms with Crippen molar-refractivity contribution < 1.29 is 0 Å². The number of hydrogen-bond acceptors (Lipinski definition) is 4. The summed E-state index contributed by atoms with van der Waals surface area (Å²) in [5.41, 5.74) is 4.58. The molecule has 2 aliphatic heterocycles. The summed E-state index contributed by atoms with van der Waals surface area (Å²) in [5.74, 6) is 2.32. The Bertz CT molecular complexity index is 821. The van der Waals surface area contributed by atoms with Crippen LogP contribution < -0.4 is 16.0 Å². The summed E-state index contributed by atoms with van der Waals surface area (Å²) < 4.78 is 0.